The summed E-state index contributed by atoms with van der Waals surface area (Å²) in [7, 11) is 0. The first-order valence-corrected chi connectivity index (χ1v) is 8.34. The Morgan fingerprint density at radius 2 is 2.09 bits per heavy atom. The molecule has 1 aromatic heterocycles. The summed E-state index contributed by atoms with van der Waals surface area (Å²) in [5, 5.41) is 20.0. The predicted octanol–water partition coefficient (Wildman–Crippen LogP) is 3.15. The monoisotopic (exact) mass is 408 g/mol. The Morgan fingerprint density at radius 3 is 2.57 bits per heavy atom. The highest BCUT2D eigenvalue weighted by Crippen LogP contribution is 2.26. The molecule has 0 aliphatic carbocycles. The number of aliphatic hydroxyl groups is 2. The summed E-state index contributed by atoms with van der Waals surface area (Å²) in [6.07, 6.45) is -1.61. The molecule has 0 fully saturated rings. The number of aromatic nitrogens is 1. The molecule has 0 bridgehead atoms. The van der Waals surface area contributed by atoms with Crippen molar-refractivity contribution in [3.8, 4) is 0 Å². The van der Waals surface area contributed by atoms with Gasteiger partial charge in [-0.3, -0.25) is 0 Å². The van der Waals surface area contributed by atoms with E-state index in [0.29, 0.717) is 10.2 Å². The molecule has 0 spiro atoms. The molecule has 0 aliphatic rings. The summed E-state index contributed by atoms with van der Waals surface area (Å²) in [4.78, 5) is 17.6. The van der Waals surface area contributed by atoms with Crippen LogP contribution < -0.4 is 0 Å². The number of ether oxygens (including phenoxy) is 1. The van der Waals surface area contributed by atoms with Gasteiger partial charge in [0.25, 0.3) is 0 Å². The minimum absolute atomic E-state index is 0.0487. The zero-order chi connectivity index (χ0) is 17.8. The van der Waals surface area contributed by atoms with E-state index < -0.39 is 23.8 Å². The van der Waals surface area contributed by atoms with Crippen LogP contribution in [0.3, 0.4) is 0 Å². The van der Waals surface area contributed by atoms with Gasteiger partial charge in [-0.15, -0.1) is 0 Å². The Labute approximate surface area is 149 Å². The van der Waals surface area contributed by atoms with Gasteiger partial charge in [-0.2, -0.15) is 0 Å². The van der Waals surface area contributed by atoms with Crippen molar-refractivity contribution in [1.29, 1.82) is 0 Å². The molecule has 1 rings (SSSR count). The van der Waals surface area contributed by atoms with Crippen LogP contribution in [0.15, 0.2) is 16.7 Å². The van der Waals surface area contributed by atoms with Gasteiger partial charge in [-0.25, -0.2) is 9.78 Å². The minimum Gasteiger partial charge on any atom is -0.444 e. The summed E-state index contributed by atoms with van der Waals surface area (Å²) in [6, 6.07) is 2.53. The number of hydrogen-bond acceptors (Lipinski definition) is 5. The van der Waals surface area contributed by atoms with Gasteiger partial charge in [-0.05, 0) is 61.3 Å². The molecule has 0 aliphatic heterocycles. The van der Waals surface area contributed by atoms with Crippen LogP contribution in [0.2, 0.25) is 5.15 Å². The topological polar surface area (TPSA) is 82.9 Å². The van der Waals surface area contributed by atoms with Crippen molar-refractivity contribution in [2.75, 3.05) is 13.2 Å². The van der Waals surface area contributed by atoms with E-state index in [-0.39, 0.29) is 18.3 Å². The fourth-order valence-corrected chi connectivity index (χ4v) is 2.77. The van der Waals surface area contributed by atoms with Gasteiger partial charge < -0.3 is 19.8 Å². The lowest BCUT2D eigenvalue weighted by Crippen LogP contribution is -2.46. The fourth-order valence-electron chi connectivity index (χ4n) is 1.99. The lowest BCUT2D eigenvalue weighted by atomic mass is 10.0. The molecular weight excluding hydrogens is 388 g/mol. The van der Waals surface area contributed by atoms with E-state index in [9.17, 15) is 15.0 Å². The molecule has 130 valence electrons. The Hall–Kier alpha value is -0.890. The van der Waals surface area contributed by atoms with Crippen molar-refractivity contribution in [1.82, 2.24) is 9.88 Å². The summed E-state index contributed by atoms with van der Waals surface area (Å²) in [6.45, 7) is 6.74. The second kappa shape index (κ2) is 8.28. The number of hydrogen-bond donors (Lipinski definition) is 2. The van der Waals surface area contributed by atoms with Crippen molar-refractivity contribution < 1.29 is 19.7 Å². The molecule has 1 aromatic rings. The zero-order valence-electron chi connectivity index (χ0n) is 13.6. The van der Waals surface area contributed by atoms with Gasteiger partial charge >= 0.3 is 6.09 Å². The normalized spacial score (nSPS) is 14.3. The van der Waals surface area contributed by atoms with Crippen LogP contribution in [0.5, 0.6) is 0 Å². The largest absolute Gasteiger partial charge is 0.444 e. The quantitative estimate of drug-likeness (QED) is 0.730. The van der Waals surface area contributed by atoms with Crippen molar-refractivity contribution in [3.05, 3.63) is 27.5 Å². The number of pyridine rings is 1. The number of nitrogens with zero attached hydrogens (tertiary/aromatic N) is 2. The van der Waals surface area contributed by atoms with E-state index in [1.54, 1.807) is 33.8 Å². The summed E-state index contributed by atoms with van der Waals surface area (Å²) in [5.41, 5.74) is -0.158. The predicted molar refractivity (Wildman–Crippen MR) is 91.4 cm³/mol. The van der Waals surface area contributed by atoms with Gasteiger partial charge in [0.1, 0.15) is 15.4 Å². The molecule has 0 radical (unpaired) electrons. The molecule has 0 unspecified atom stereocenters. The fraction of sp³-hybridized carbons (Fsp3) is 0.600. The van der Waals surface area contributed by atoms with Gasteiger partial charge in [0.15, 0.2) is 0 Å². The van der Waals surface area contributed by atoms with Crippen LogP contribution in [0, 0.1) is 0 Å². The maximum atomic E-state index is 12.3. The number of aliphatic hydroxyl groups excluding tert-OH is 2. The molecule has 0 saturated carbocycles. The molecule has 2 atom stereocenters. The minimum atomic E-state index is -1.01. The Balaban J connectivity index is 2.99. The van der Waals surface area contributed by atoms with E-state index in [0.717, 1.165) is 0 Å². The van der Waals surface area contributed by atoms with Gasteiger partial charge in [0, 0.05) is 6.54 Å². The van der Waals surface area contributed by atoms with Crippen molar-refractivity contribution >= 4 is 33.6 Å². The third-order valence-corrected chi connectivity index (χ3v) is 3.64. The molecule has 23 heavy (non-hydrogen) atoms. The molecule has 1 heterocycles. The number of carbonyl (C=O) groups excluding carboxylic acids is 1. The van der Waals surface area contributed by atoms with E-state index in [1.807, 2.05) is 0 Å². The van der Waals surface area contributed by atoms with E-state index in [2.05, 4.69) is 20.9 Å². The number of amides is 1. The maximum absolute atomic E-state index is 12.3. The highest BCUT2D eigenvalue weighted by atomic mass is 79.9. The lowest BCUT2D eigenvalue weighted by molar-refractivity contribution is -0.00682. The molecule has 2 N–H and O–H groups in total. The first kappa shape index (κ1) is 20.2. The number of halogens is 2. The highest BCUT2D eigenvalue weighted by Gasteiger charge is 2.30. The second-order valence-corrected chi connectivity index (χ2v) is 7.33. The Bertz CT molecular complexity index is 531. The van der Waals surface area contributed by atoms with Crippen LogP contribution in [0.1, 0.15) is 39.4 Å². The van der Waals surface area contributed by atoms with E-state index in [4.69, 9.17) is 16.3 Å². The third-order valence-electron chi connectivity index (χ3n) is 3.04. The average Bonchev–Trinajstić information content (AvgIpc) is 2.40. The highest BCUT2D eigenvalue weighted by molar-refractivity contribution is 9.10. The molecule has 0 saturated heterocycles. The van der Waals surface area contributed by atoms with Crippen molar-refractivity contribution in [2.24, 2.45) is 0 Å². The van der Waals surface area contributed by atoms with Crippen LogP contribution >= 0.6 is 27.5 Å². The zero-order valence-corrected chi connectivity index (χ0v) is 15.9. The number of rotatable bonds is 5. The van der Waals surface area contributed by atoms with E-state index >= 15 is 0 Å². The van der Waals surface area contributed by atoms with Gasteiger partial charge in [0.05, 0.1) is 18.8 Å². The molecule has 8 heteroatoms. The molecule has 0 aromatic carbocycles. The van der Waals surface area contributed by atoms with E-state index in [1.165, 1.54) is 11.0 Å². The molecule has 6 nitrogen and oxygen atoms in total. The molecule has 1 amide bonds. The SMILES string of the molecule is C[C@H]([C@H](O)c1cc(Cl)nc(Br)c1)N(CCO)C(=O)OC(C)(C)C. The molecular formula is C15H22BrClN2O4. The average molecular weight is 410 g/mol. The van der Waals surface area contributed by atoms with Gasteiger partial charge in [-0.1, -0.05) is 11.6 Å². The Kier molecular flexibility index (Phi) is 7.26. The van der Waals surface area contributed by atoms with Crippen LogP contribution in [0.25, 0.3) is 0 Å². The standard InChI is InChI=1S/C15H22BrClN2O4/c1-9(13(21)10-7-11(16)18-12(17)8-10)19(5-6-20)14(22)23-15(2,3)4/h7-9,13,20-21H,5-6H2,1-4H3/t9-,13+/m1/s1. The summed E-state index contributed by atoms with van der Waals surface area (Å²) >= 11 is 9.11. The maximum Gasteiger partial charge on any atom is 0.410 e. The third kappa shape index (κ3) is 6.25. The Morgan fingerprint density at radius 1 is 1.48 bits per heavy atom. The van der Waals surface area contributed by atoms with Gasteiger partial charge in [0.2, 0.25) is 0 Å². The van der Waals surface area contributed by atoms with Crippen LogP contribution in [-0.4, -0.2) is 51.0 Å². The first-order chi connectivity index (χ1) is 10.5. The van der Waals surface area contributed by atoms with Crippen molar-refractivity contribution in [3.63, 3.8) is 0 Å². The summed E-state index contributed by atoms with van der Waals surface area (Å²) in [5.74, 6) is 0. The van der Waals surface area contributed by atoms with Crippen molar-refractivity contribution in [2.45, 2.75) is 45.4 Å². The second-order valence-electron chi connectivity index (χ2n) is 6.13. The first-order valence-electron chi connectivity index (χ1n) is 7.16. The lowest BCUT2D eigenvalue weighted by Gasteiger charge is -2.33. The van der Waals surface area contributed by atoms with Crippen LogP contribution in [0.4, 0.5) is 4.79 Å². The number of carbonyl (C=O) groups is 1. The van der Waals surface area contributed by atoms with Crippen LogP contribution in [-0.2, 0) is 4.74 Å². The smallest absolute Gasteiger partial charge is 0.410 e. The summed E-state index contributed by atoms with van der Waals surface area (Å²) < 4.78 is 5.81.